The second-order valence-electron chi connectivity index (χ2n) is 7.59. The Kier molecular flexibility index (Phi) is 5.48. The zero-order valence-corrected chi connectivity index (χ0v) is 17.7. The summed E-state index contributed by atoms with van der Waals surface area (Å²) in [6.45, 7) is 1.88. The van der Waals surface area contributed by atoms with Gasteiger partial charge >= 0.3 is 6.09 Å². The summed E-state index contributed by atoms with van der Waals surface area (Å²) in [6, 6.07) is 17.8. The molecule has 0 spiro atoms. The van der Waals surface area contributed by atoms with Gasteiger partial charge in [-0.15, -0.1) is 11.8 Å². The van der Waals surface area contributed by atoms with E-state index >= 15 is 0 Å². The first-order valence-corrected chi connectivity index (χ1v) is 11.2. The molecule has 3 heterocycles. The van der Waals surface area contributed by atoms with E-state index in [0.29, 0.717) is 25.3 Å². The van der Waals surface area contributed by atoms with E-state index in [-0.39, 0.29) is 18.1 Å². The highest BCUT2D eigenvalue weighted by Crippen LogP contribution is 2.35. The van der Waals surface area contributed by atoms with Gasteiger partial charge in [-0.2, -0.15) is 0 Å². The smallest absolute Gasteiger partial charge is 0.414 e. The Balaban J connectivity index is 1.14. The maximum Gasteiger partial charge on any atom is 0.414 e. The van der Waals surface area contributed by atoms with Crippen molar-refractivity contribution in [3.05, 3.63) is 60.3 Å². The maximum atomic E-state index is 12.4. The fourth-order valence-electron chi connectivity index (χ4n) is 3.81. The van der Waals surface area contributed by atoms with Crippen LogP contribution in [0.1, 0.15) is 12.1 Å². The average Bonchev–Trinajstić information content (AvgIpc) is 3.16. The highest BCUT2D eigenvalue weighted by Gasteiger charge is 2.32. The third kappa shape index (κ3) is 4.35. The molecule has 5 rings (SSSR count). The molecule has 0 saturated carbocycles. The van der Waals surface area contributed by atoms with E-state index in [4.69, 9.17) is 4.74 Å². The molecule has 3 aromatic rings. The van der Waals surface area contributed by atoms with E-state index in [1.807, 2.05) is 42.5 Å². The van der Waals surface area contributed by atoms with Gasteiger partial charge in [0.25, 0.3) is 0 Å². The molecule has 2 N–H and O–H groups in total. The minimum Gasteiger partial charge on any atom is -0.444 e. The topological polar surface area (TPSA) is 83.6 Å². The monoisotopic (exact) mass is 434 g/mol. The number of amides is 2. The molecule has 1 aromatic heterocycles. The van der Waals surface area contributed by atoms with Crippen LogP contribution in [0, 0.1) is 0 Å². The first-order valence-electron chi connectivity index (χ1n) is 10.3. The number of aromatic nitrogens is 1. The SMILES string of the molecule is O=C1CSc2ccc(N3CC(CCNCc4ccc5ccccc5n4)OC3=O)cc2N1. The number of ether oxygens (including phenoxy) is 1. The fourth-order valence-corrected chi connectivity index (χ4v) is 4.60. The second-order valence-corrected chi connectivity index (χ2v) is 8.61. The van der Waals surface area contributed by atoms with Crippen molar-refractivity contribution in [1.82, 2.24) is 10.3 Å². The fraction of sp³-hybridized carbons (Fsp3) is 0.261. The van der Waals surface area contributed by atoms with E-state index in [0.717, 1.165) is 39.4 Å². The number of hydrogen-bond acceptors (Lipinski definition) is 6. The number of carbonyl (C=O) groups is 2. The minimum atomic E-state index is -0.351. The molecule has 1 atom stereocenters. The third-order valence-corrected chi connectivity index (χ3v) is 6.46. The highest BCUT2D eigenvalue weighted by molar-refractivity contribution is 8.00. The minimum absolute atomic E-state index is 0.0245. The molecule has 1 saturated heterocycles. The summed E-state index contributed by atoms with van der Waals surface area (Å²) in [7, 11) is 0. The van der Waals surface area contributed by atoms with Gasteiger partial charge in [-0.1, -0.05) is 24.3 Å². The Morgan fingerprint density at radius 3 is 3.00 bits per heavy atom. The lowest BCUT2D eigenvalue weighted by molar-refractivity contribution is -0.113. The average molecular weight is 435 g/mol. The molecule has 2 aromatic carbocycles. The molecule has 7 nitrogen and oxygen atoms in total. The van der Waals surface area contributed by atoms with Crippen molar-refractivity contribution in [2.24, 2.45) is 0 Å². The lowest BCUT2D eigenvalue weighted by atomic mass is 10.2. The van der Waals surface area contributed by atoms with Crippen molar-refractivity contribution < 1.29 is 14.3 Å². The van der Waals surface area contributed by atoms with Crippen molar-refractivity contribution in [1.29, 1.82) is 0 Å². The van der Waals surface area contributed by atoms with E-state index in [1.54, 1.807) is 4.90 Å². The molecule has 2 amide bonds. The molecule has 158 valence electrons. The second kappa shape index (κ2) is 8.56. The van der Waals surface area contributed by atoms with Gasteiger partial charge < -0.3 is 15.4 Å². The van der Waals surface area contributed by atoms with Gasteiger partial charge in [-0.25, -0.2) is 4.79 Å². The van der Waals surface area contributed by atoms with Crippen LogP contribution in [0.4, 0.5) is 16.2 Å². The first-order chi connectivity index (χ1) is 15.2. The van der Waals surface area contributed by atoms with Crippen LogP contribution in [-0.4, -0.2) is 41.9 Å². The normalized spacial score (nSPS) is 18.1. The number of nitrogens with one attached hydrogen (secondary N) is 2. The first kappa shape index (κ1) is 19.8. The highest BCUT2D eigenvalue weighted by atomic mass is 32.2. The van der Waals surface area contributed by atoms with E-state index in [1.165, 1.54) is 11.8 Å². The quantitative estimate of drug-likeness (QED) is 0.575. The number of anilines is 2. The molecule has 2 aliphatic rings. The molecule has 1 fully saturated rings. The Bertz CT molecular complexity index is 1150. The predicted molar refractivity (Wildman–Crippen MR) is 121 cm³/mol. The zero-order chi connectivity index (χ0) is 21.2. The molecule has 1 unspecified atom stereocenters. The van der Waals surface area contributed by atoms with Crippen molar-refractivity contribution >= 4 is 46.0 Å². The summed E-state index contributed by atoms with van der Waals surface area (Å²) in [4.78, 5) is 31.3. The van der Waals surface area contributed by atoms with Gasteiger partial charge in [0.05, 0.1) is 29.2 Å². The molecular weight excluding hydrogens is 412 g/mol. The number of benzene rings is 2. The molecule has 0 bridgehead atoms. The third-order valence-electron chi connectivity index (χ3n) is 5.39. The molecular formula is C23H22N4O3S. The van der Waals surface area contributed by atoms with Gasteiger partial charge in [0.15, 0.2) is 0 Å². The van der Waals surface area contributed by atoms with Crippen LogP contribution < -0.4 is 15.5 Å². The number of rotatable bonds is 6. The van der Waals surface area contributed by atoms with Crippen LogP contribution in [0.3, 0.4) is 0 Å². The van der Waals surface area contributed by atoms with Crippen molar-refractivity contribution in [2.75, 3.05) is 29.1 Å². The summed E-state index contributed by atoms with van der Waals surface area (Å²) < 4.78 is 5.54. The number of hydrogen-bond donors (Lipinski definition) is 2. The number of cyclic esters (lactones) is 1. The van der Waals surface area contributed by atoms with Crippen LogP contribution in [0.25, 0.3) is 10.9 Å². The van der Waals surface area contributed by atoms with Crippen molar-refractivity contribution in [3.8, 4) is 0 Å². The number of carbonyl (C=O) groups excluding carboxylic acids is 2. The molecule has 0 radical (unpaired) electrons. The van der Waals surface area contributed by atoms with Crippen LogP contribution in [0.5, 0.6) is 0 Å². The van der Waals surface area contributed by atoms with E-state index in [9.17, 15) is 9.59 Å². The summed E-state index contributed by atoms with van der Waals surface area (Å²) in [5.74, 6) is 0.394. The van der Waals surface area contributed by atoms with Crippen LogP contribution in [0.15, 0.2) is 59.5 Å². The number of para-hydroxylation sites is 1. The number of fused-ring (bicyclic) bond motifs is 2. The summed E-state index contributed by atoms with van der Waals surface area (Å²) >= 11 is 1.50. The molecule has 8 heteroatoms. The standard InChI is InChI=1S/C23H22N4O3S/c28-22-14-31-21-8-7-17(11-20(21)26-22)27-13-18(30-23(27)29)9-10-24-12-16-6-5-15-3-1-2-4-19(15)25-16/h1-8,11,18,24H,9-10,12-14H2,(H,26,28). The lowest BCUT2D eigenvalue weighted by Gasteiger charge is -2.20. The number of thioether (sulfide) groups is 1. The van der Waals surface area contributed by atoms with E-state index in [2.05, 4.69) is 27.8 Å². The number of pyridine rings is 1. The maximum absolute atomic E-state index is 12.4. The van der Waals surface area contributed by atoms with Crippen LogP contribution in [0.2, 0.25) is 0 Å². The number of nitrogens with zero attached hydrogens (tertiary/aromatic N) is 2. The zero-order valence-electron chi connectivity index (χ0n) is 16.8. The summed E-state index contributed by atoms with van der Waals surface area (Å²) in [5, 5.41) is 7.38. The van der Waals surface area contributed by atoms with E-state index < -0.39 is 0 Å². The Morgan fingerprint density at radius 2 is 2.06 bits per heavy atom. The Morgan fingerprint density at radius 1 is 1.16 bits per heavy atom. The van der Waals surface area contributed by atoms with Gasteiger partial charge in [0.1, 0.15) is 6.10 Å². The predicted octanol–water partition coefficient (Wildman–Crippen LogP) is 3.78. The van der Waals surface area contributed by atoms with Crippen molar-refractivity contribution in [2.45, 2.75) is 24.0 Å². The lowest BCUT2D eigenvalue weighted by Crippen LogP contribution is -2.26. The Labute approximate surface area is 184 Å². The van der Waals surface area contributed by atoms with Crippen LogP contribution >= 0.6 is 11.8 Å². The molecule has 31 heavy (non-hydrogen) atoms. The molecule has 2 aliphatic heterocycles. The van der Waals surface area contributed by atoms with Gasteiger partial charge in [-0.05, 0) is 43.3 Å². The Hall–Kier alpha value is -3.10. The molecule has 0 aliphatic carbocycles. The van der Waals surface area contributed by atoms with Crippen molar-refractivity contribution in [3.63, 3.8) is 0 Å². The summed E-state index contributed by atoms with van der Waals surface area (Å²) in [6.07, 6.45) is 0.188. The van der Waals surface area contributed by atoms with Gasteiger partial charge in [0, 0.05) is 22.5 Å². The van der Waals surface area contributed by atoms with Gasteiger partial charge in [-0.3, -0.25) is 14.7 Å². The van der Waals surface area contributed by atoms with Gasteiger partial charge in [0.2, 0.25) is 5.91 Å². The largest absolute Gasteiger partial charge is 0.444 e. The summed E-state index contributed by atoms with van der Waals surface area (Å²) in [5.41, 5.74) is 3.46. The van der Waals surface area contributed by atoms with Crippen LogP contribution in [-0.2, 0) is 16.1 Å².